The maximum absolute atomic E-state index is 8.40. The molecular weight excluding hydrogens is 94.0 g/mol. The first-order valence-corrected chi connectivity index (χ1v) is 2.43. The summed E-state index contributed by atoms with van der Waals surface area (Å²) in [4.78, 5) is 4.80. The lowest BCUT2D eigenvalue weighted by atomic mass is 10.3. The van der Waals surface area contributed by atoms with E-state index in [1.54, 1.807) is 0 Å². The lowest BCUT2D eigenvalue weighted by Crippen LogP contribution is -2.13. The number of hydrogen-bond donors (Lipinski definition) is 2. The largest absolute Gasteiger partial charge is 0.394 e. The molecule has 1 rings (SSSR count). The SMILES string of the molecule is OCC1CCNO1. The van der Waals surface area contributed by atoms with Gasteiger partial charge in [0, 0.05) is 6.54 Å². The molecule has 1 aliphatic rings. The van der Waals surface area contributed by atoms with Crippen molar-refractivity contribution in [2.45, 2.75) is 12.5 Å². The second kappa shape index (κ2) is 2.26. The Balaban J connectivity index is 2.14. The van der Waals surface area contributed by atoms with Gasteiger partial charge < -0.3 is 5.11 Å². The van der Waals surface area contributed by atoms with Crippen molar-refractivity contribution in [3.63, 3.8) is 0 Å². The van der Waals surface area contributed by atoms with Crippen LogP contribution in [0.2, 0.25) is 0 Å². The fourth-order valence-corrected chi connectivity index (χ4v) is 0.584. The third-order valence-electron chi connectivity index (χ3n) is 1.02. The molecule has 0 aromatic rings. The molecule has 7 heavy (non-hydrogen) atoms. The minimum Gasteiger partial charge on any atom is -0.394 e. The predicted molar refractivity (Wildman–Crippen MR) is 24.6 cm³/mol. The molecule has 3 heteroatoms. The number of aliphatic hydroxyl groups excluding tert-OH is 1. The van der Waals surface area contributed by atoms with E-state index in [2.05, 4.69) is 5.48 Å². The molecule has 1 unspecified atom stereocenters. The molecule has 0 aliphatic carbocycles. The van der Waals surface area contributed by atoms with Crippen LogP contribution in [-0.4, -0.2) is 24.4 Å². The van der Waals surface area contributed by atoms with Gasteiger partial charge in [-0.25, -0.2) is 5.48 Å². The Bertz CT molecular complexity index is 51.7. The predicted octanol–water partition coefficient (Wildman–Crippen LogP) is -0.728. The molecule has 0 aromatic carbocycles. The normalized spacial score (nSPS) is 31.3. The molecule has 3 nitrogen and oxygen atoms in total. The van der Waals surface area contributed by atoms with E-state index < -0.39 is 0 Å². The molecule has 1 heterocycles. The molecular formula is C4H9NO2. The molecule has 42 valence electrons. The van der Waals surface area contributed by atoms with E-state index in [-0.39, 0.29) is 12.7 Å². The third-order valence-corrected chi connectivity index (χ3v) is 1.02. The first kappa shape index (κ1) is 5.03. The van der Waals surface area contributed by atoms with Crippen molar-refractivity contribution < 1.29 is 9.94 Å². The molecule has 0 saturated carbocycles. The van der Waals surface area contributed by atoms with Crippen LogP contribution in [0.15, 0.2) is 0 Å². The summed E-state index contributed by atoms with van der Waals surface area (Å²) in [5.74, 6) is 0. The Morgan fingerprint density at radius 1 is 1.86 bits per heavy atom. The molecule has 0 aromatic heterocycles. The van der Waals surface area contributed by atoms with Crippen LogP contribution in [0.3, 0.4) is 0 Å². The summed E-state index contributed by atoms with van der Waals surface area (Å²) >= 11 is 0. The van der Waals surface area contributed by atoms with Crippen molar-refractivity contribution in [2.24, 2.45) is 0 Å². The van der Waals surface area contributed by atoms with Crippen LogP contribution in [-0.2, 0) is 4.84 Å². The van der Waals surface area contributed by atoms with Crippen molar-refractivity contribution in [2.75, 3.05) is 13.2 Å². The Morgan fingerprint density at radius 3 is 3.00 bits per heavy atom. The van der Waals surface area contributed by atoms with Gasteiger partial charge >= 0.3 is 0 Å². The highest BCUT2D eigenvalue weighted by molar-refractivity contribution is 4.59. The molecule has 0 amide bonds. The van der Waals surface area contributed by atoms with Crippen LogP contribution in [0.1, 0.15) is 6.42 Å². The average molecular weight is 103 g/mol. The van der Waals surface area contributed by atoms with Gasteiger partial charge in [0.05, 0.1) is 6.61 Å². The number of hydrogen-bond acceptors (Lipinski definition) is 3. The van der Waals surface area contributed by atoms with E-state index in [9.17, 15) is 0 Å². The van der Waals surface area contributed by atoms with Gasteiger partial charge in [-0.1, -0.05) is 0 Å². The molecule has 0 radical (unpaired) electrons. The first-order chi connectivity index (χ1) is 3.43. The van der Waals surface area contributed by atoms with Gasteiger partial charge in [-0.05, 0) is 6.42 Å². The van der Waals surface area contributed by atoms with Crippen LogP contribution in [0, 0.1) is 0 Å². The van der Waals surface area contributed by atoms with E-state index in [0.717, 1.165) is 13.0 Å². The highest BCUT2D eigenvalue weighted by Crippen LogP contribution is 1.99. The fraction of sp³-hybridized carbons (Fsp3) is 1.00. The van der Waals surface area contributed by atoms with Crippen molar-refractivity contribution in [1.82, 2.24) is 5.48 Å². The lowest BCUT2D eigenvalue weighted by molar-refractivity contribution is 0.00197. The Kier molecular flexibility index (Phi) is 1.62. The molecule has 1 saturated heterocycles. The van der Waals surface area contributed by atoms with Gasteiger partial charge in [0.2, 0.25) is 0 Å². The van der Waals surface area contributed by atoms with Gasteiger partial charge in [0.25, 0.3) is 0 Å². The third kappa shape index (κ3) is 1.12. The summed E-state index contributed by atoms with van der Waals surface area (Å²) in [5, 5.41) is 8.40. The van der Waals surface area contributed by atoms with E-state index in [0.29, 0.717) is 0 Å². The molecule has 0 spiro atoms. The average Bonchev–Trinajstić information content (AvgIpc) is 2.14. The lowest BCUT2D eigenvalue weighted by Gasteiger charge is -1.99. The number of nitrogens with one attached hydrogen (secondary N) is 1. The van der Waals surface area contributed by atoms with Gasteiger partial charge in [-0.2, -0.15) is 0 Å². The summed E-state index contributed by atoms with van der Waals surface area (Å²) in [7, 11) is 0. The summed E-state index contributed by atoms with van der Waals surface area (Å²) < 4.78 is 0. The van der Waals surface area contributed by atoms with Crippen molar-refractivity contribution in [3.8, 4) is 0 Å². The molecule has 0 bridgehead atoms. The van der Waals surface area contributed by atoms with E-state index in [4.69, 9.17) is 9.94 Å². The van der Waals surface area contributed by atoms with Crippen LogP contribution in [0.4, 0.5) is 0 Å². The van der Waals surface area contributed by atoms with Gasteiger partial charge in [-0.3, -0.25) is 4.84 Å². The monoisotopic (exact) mass is 103 g/mol. The molecule has 2 N–H and O–H groups in total. The summed E-state index contributed by atoms with van der Waals surface area (Å²) in [6.07, 6.45) is 0.969. The highest BCUT2D eigenvalue weighted by atomic mass is 16.7. The summed E-state index contributed by atoms with van der Waals surface area (Å²) in [6, 6.07) is 0. The molecule has 1 aliphatic heterocycles. The topological polar surface area (TPSA) is 41.5 Å². The van der Waals surface area contributed by atoms with Gasteiger partial charge in [0.15, 0.2) is 0 Å². The van der Waals surface area contributed by atoms with Crippen LogP contribution < -0.4 is 5.48 Å². The maximum atomic E-state index is 8.40. The van der Waals surface area contributed by atoms with E-state index >= 15 is 0 Å². The first-order valence-electron chi connectivity index (χ1n) is 2.43. The van der Waals surface area contributed by atoms with Crippen LogP contribution in [0.5, 0.6) is 0 Å². The number of hydroxylamine groups is 1. The second-order valence-corrected chi connectivity index (χ2v) is 1.61. The zero-order valence-electron chi connectivity index (χ0n) is 4.05. The minimum absolute atomic E-state index is 0.0417. The van der Waals surface area contributed by atoms with Gasteiger partial charge in [-0.15, -0.1) is 0 Å². The Hall–Kier alpha value is -0.120. The van der Waals surface area contributed by atoms with Crippen molar-refractivity contribution in [1.29, 1.82) is 0 Å². The summed E-state index contributed by atoms with van der Waals surface area (Å²) in [6.45, 7) is 0.998. The van der Waals surface area contributed by atoms with Crippen LogP contribution >= 0.6 is 0 Å². The fourth-order valence-electron chi connectivity index (χ4n) is 0.584. The smallest absolute Gasteiger partial charge is 0.103 e. The van der Waals surface area contributed by atoms with Crippen LogP contribution in [0.25, 0.3) is 0 Å². The van der Waals surface area contributed by atoms with E-state index in [1.807, 2.05) is 0 Å². The Morgan fingerprint density at radius 2 is 2.71 bits per heavy atom. The minimum atomic E-state index is 0.0417. The number of aliphatic hydroxyl groups is 1. The zero-order valence-corrected chi connectivity index (χ0v) is 4.05. The van der Waals surface area contributed by atoms with Gasteiger partial charge in [0.1, 0.15) is 6.10 Å². The standard InChI is InChI=1S/C4H9NO2/c6-3-4-1-2-5-7-4/h4-6H,1-3H2. The van der Waals surface area contributed by atoms with Crippen molar-refractivity contribution >= 4 is 0 Å². The molecule has 1 atom stereocenters. The Labute approximate surface area is 42.2 Å². The van der Waals surface area contributed by atoms with E-state index in [1.165, 1.54) is 0 Å². The molecule has 1 fully saturated rings. The maximum Gasteiger partial charge on any atom is 0.103 e. The second-order valence-electron chi connectivity index (χ2n) is 1.61. The van der Waals surface area contributed by atoms with Crippen molar-refractivity contribution in [3.05, 3.63) is 0 Å². The summed E-state index contributed by atoms with van der Waals surface area (Å²) in [5.41, 5.74) is 2.66. The number of rotatable bonds is 1. The highest BCUT2D eigenvalue weighted by Gasteiger charge is 2.12. The zero-order chi connectivity index (χ0) is 5.11. The quantitative estimate of drug-likeness (QED) is 0.460.